The summed E-state index contributed by atoms with van der Waals surface area (Å²) in [5.74, 6) is 4.90. The highest BCUT2D eigenvalue weighted by Gasteiger charge is 2.26. The number of carbonyl (C=O) groups is 2. The molecule has 8 nitrogen and oxygen atoms in total. The number of hydroxylamine groups is 2. The van der Waals surface area contributed by atoms with E-state index in [9.17, 15) is 14.8 Å². The molecule has 0 spiro atoms. The van der Waals surface area contributed by atoms with Crippen LogP contribution in [0.3, 0.4) is 0 Å². The molecule has 2 amide bonds. The third-order valence-electron chi connectivity index (χ3n) is 3.59. The molecule has 1 heterocycles. The minimum atomic E-state index is -0.601. The molecular formula is C15H25N5O3. The van der Waals surface area contributed by atoms with Crippen molar-refractivity contribution in [2.45, 2.75) is 46.0 Å². The zero-order valence-corrected chi connectivity index (χ0v) is 13.7. The van der Waals surface area contributed by atoms with Crippen LogP contribution in [0, 0.1) is 5.92 Å². The molecule has 0 bridgehead atoms. The predicted octanol–water partition coefficient (Wildman–Crippen LogP) is 1.29. The fourth-order valence-electron chi connectivity index (χ4n) is 2.15. The molecule has 23 heavy (non-hydrogen) atoms. The third kappa shape index (κ3) is 5.91. The van der Waals surface area contributed by atoms with Crippen molar-refractivity contribution >= 4 is 18.3 Å². The Morgan fingerprint density at radius 1 is 1.35 bits per heavy atom. The van der Waals surface area contributed by atoms with Crippen molar-refractivity contribution < 1.29 is 14.8 Å². The van der Waals surface area contributed by atoms with E-state index < -0.39 is 11.8 Å². The molecule has 0 unspecified atom stereocenters. The molecule has 0 fully saturated rings. The van der Waals surface area contributed by atoms with Crippen LogP contribution in [0.25, 0.3) is 0 Å². The van der Waals surface area contributed by atoms with Crippen LogP contribution in [-0.2, 0) is 16.0 Å². The fraction of sp³-hybridized carbons (Fsp3) is 0.600. The summed E-state index contributed by atoms with van der Waals surface area (Å²) in [5.41, 5.74) is 0.941. The van der Waals surface area contributed by atoms with E-state index >= 15 is 0 Å². The maximum absolute atomic E-state index is 12.5. The average Bonchev–Trinajstić information content (AvgIpc) is 2.59. The number of anilines is 1. The Morgan fingerprint density at radius 2 is 2.00 bits per heavy atom. The monoisotopic (exact) mass is 323 g/mol. The number of rotatable bonds is 10. The molecule has 1 aromatic rings. The van der Waals surface area contributed by atoms with Crippen LogP contribution in [0.1, 0.15) is 45.1 Å². The first-order chi connectivity index (χ1) is 11.0. The van der Waals surface area contributed by atoms with Crippen LogP contribution >= 0.6 is 0 Å². The van der Waals surface area contributed by atoms with E-state index in [-0.39, 0.29) is 18.9 Å². The lowest BCUT2D eigenvalue weighted by atomic mass is 10.00. The number of amides is 2. The van der Waals surface area contributed by atoms with Gasteiger partial charge in [0.2, 0.25) is 18.3 Å². The smallest absolute Gasteiger partial charge is 0.248 e. The SMILES string of the molecule is CCCCC[C@H](CN(O)C=O)C(=O)N(N)c1ncc(CC)cn1. The van der Waals surface area contributed by atoms with Crippen LogP contribution in [0.4, 0.5) is 5.95 Å². The number of hydrazine groups is 1. The number of nitrogens with two attached hydrogens (primary N) is 1. The van der Waals surface area contributed by atoms with E-state index in [1.54, 1.807) is 12.4 Å². The van der Waals surface area contributed by atoms with E-state index in [0.717, 1.165) is 36.3 Å². The fourth-order valence-corrected chi connectivity index (χ4v) is 2.15. The van der Waals surface area contributed by atoms with E-state index in [1.807, 2.05) is 6.92 Å². The second kappa shape index (κ2) is 9.86. The molecule has 0 aliphatic rings. The first-order valence-corrected chi connectivity index (χ1v) is 7.83. The van der Waals surface area contributed by atoms with Crippen molar-refractivity contribution in [2.24, 2.45) is 11.8 Å². The summed E-state index contributed by atoms with van der Waals surface area (Å²) in [4.78, 5) is 31.3. The second-order valence-electron chi connectivity index (χ2n) is 5.37. The molecule has 128 valence electrons. The van der Waals surface area contributed by atoms with E-state index in [1.165, 1.54) is 0 Å². The minimum Gasteiger partial charge on any atom is -0.286 e. The first-order valence-electron chi connectivity index (χ1n) is 7.83. The highest BCUT2D eigenvalue weighted by Crippen LogP contribution is 2.15. The molecule has 8 heteroatoms. The zero-order valence-electron chi connectivity index (χ0n) is 13.7. The number of carbonyl (C=O) groups excluding carboxylic acids is 2. The number of aryl methyl sites for hydroxylation is 1. The van der Waals surface area contributed by atoms with Crippen LogP contribution in [0.5, 0.6) is 0 Å². The molecule has 1 rings (SSSR count). The molecule has 3 N–H and O–H groups in total. The number of hydrogen-bond acceptors (Lipinski definition) is 6. The van der Waals surface area contributed by atoms with Gasteiger partial charge in [-0.2, -0.15) is 0 Å². The molecular weight excluding hydrogens is 298 g/mol. The maximum atomic E-state index is 12.5. The Kier molecular flexibility index (Phi) is 8.14. The maximum Gasteiger partial charge on any atom is 0.248 e. The number of nitrogens with zero attached hydrogens (tertiary/aromatic N) is 4. The van der Waals surface area contributed by atoms with Crippen molar-refractivity contribution in [1.82, 2.24) is 15.0 Å². The number of aromatic nitrogens is 2. The summed E-state index contributed by atoms with van der Waals surface area (Å²) in [6, 6.07) is 0. The van der Waals surface area contributed by atoms with Crippen molar-refractivity contribution in [1.29, 1.82) is 0 Å². The van der Waals surface area contributed by atoms with E-state index in [4.69, 9.17) is 5.84 Å². The van der Waals surface area contributed by atoms with Gasteiger partial charge >= 0.3 is 0 Å². The molecule has 1 aromatic heterocycles. The van der Waals surface area contributed by atoms with Gasteiger partial charge in [0.1, 0.15) is 0 Å². The summed E-state index contributed by atoms with van der Waals surface area (Å²) < 4.78 is 0. The van der Waals surface area contributed by atoms with Crippen LogP contribution in [0.2, 0.25) is 0 Å². The predicted molar refractivity (Wildman–Crippen MR) is 85.3 cm³/mol. The number of hydrogen-bond donors (Lipinski definition) is 2. The highest BCUT2D eigenvalue weighted by molar-refractivity contribution is 5.92. The quantitative estimate of drug-likeness (QED) is 0.167. The Balaban J connectivity index is 2.80. The van der Waals surface area contributed by atoms with Gasteiger partial charge in [0, 0.05) is 12.4 Å². The summed E-state index contributed by atoms with van der Waals surface area (Å²) in [6.07, 6.45) is 7.59. The molecule has 0 aliphatic heterocycles. The van der Waals surface area contributed by atoms with E-state index in [2.05, 4.69) is 16.9 Å². The van der Waals surface area contributed by atoms with Crippen molar-refractivity contribution in [2.75, 3.05) is 11.6 Å². The molecule has 0 saturated carbocycles. The minimum absolute atomic E-state index is 0.100. The molecule has 1 atom stereocenters. The van der Waals surface area contributed by atoms with Crippen molar-refractivity contribution in [3.63, 3.8) is 0 Å². The average molecular weight is 323 g/mol. The second-order valence-corrected chi connectivity index (χ2v) is 5.37. The Morgan fingerprint density at radius 3 is 2.52 bits per heavy atom. The van der Waals surface area contributed by atoms with Crippen molar-refractivity contribution in [3.05, 3.63) is 18.0 Å². The third-order valence-corrected chi connectivity index (χ3v) is 3.59. The Labute approximate surface area is 136 Å². The lowest BCUT2D eigenvalue weighted by Crippen LogP contribution is -2.45. The zero-order chi connectivity index (χ0) is 17.2. The van der Waals surface area contributed by atoms with Gasteiger partial charge in [-0.3, -0.25) is 14.8 Å². The van der Waals surface area contributed by atoms with Gasteiger partial charge in [-0.1, -0.05) is 33.1 Å². The Bertz CT molecular complexity index is 494. The summed E-state index contributed by atoms with van der Waals surface area (Å²) in [6.45, 7) is 3.93. The van der Waals surface area contributed by atoms with Gasteiger partial charge in [0.05, 0.1) is 12.5 Å². The first kappa shape index (κ1) is 19.0. The van der Waals surface area contributed by atoms with Crippen LogP contribution in [-0.4, -0.2) is 39.1 Å². The number of unbranched alkanes of at least 4 members (excludes halogenated alkanes) is 2. The van der Waals surface area contributed by atoms with E-state index in [0.29, 0.717) is 11.5 Å². The summed E-state index contributed by atoms with van der Waals surface area (Å²) in [7, 11) is 0. The summed E-state index contributed by atoms with van der Waals surface area (Å²) in [5, 5.41) is 10.7. The standard InChI is InChI=1S/C15H25N5O3/c1-3-5-6-7-13(10-19(23)11-21)14(22)20(16)15-17-8-12(4-2)9-18-15/h8-9,11,13,23H,3-7,10,16H2,1-2H3/t13-/m1/s1. The molecule has 0 aliphatic carbocycles. The largest absolute Gasteiger partial charge is 0.286 e. The van der Waals surface area contributed by atoms with Gasteiger partial charge in [-0.05, 0) is 18.4 Å². The summed E-state index contributed by atoms with van der Waals surface area (Å²) >= 11 is 0. The van der Waals surface area contributed by atoms with Gasteiger partial charge < -0.3 is 0 Å². The highest BCUT2D eigenvalue weighted by atomic mass is 16.5. The molecule has 0 radical (unpaired) electrons. The van der Waals surface area contributed by atoms with Crippen LogP contribution < -0.4 is 10.9 Å². The lowest BCUT2D eigenvalue weighted by Gasteiger charge is -2.23. The van der Waals surface area contributed by atoms with Gasteiger partial charge in [-0.25, -0.2) is 25.9 Å². The van der Waals surface area contributed by atoms with Crippen LogP contribution in [0.15, 0.2) is 12.4 Å². The molecule has 0 aromatic carbocycles. The normalized spacial score (nSPS) is 11.8. The lowest BCUT2D eigenvalue weighted by molar-refractivity contribution is -0.154. The van der Waals surface area contributed by atoms with Gasteiger partial charge in [-0.15, -0.1) is 0 Å². The van der Waals surface area contributed by atoms with Gasteiger partial charge in [0.25, 0.3) is 0 Å². The molecule has 0 saturated heterocycles. The van der Waals surface area contributed by atoms with Gasteiger partial charge in [0.15, 0.2) is 0 Å². The topological polar surface area (TPSA) is 113 Å². The Hall–Kier alpha value is -2.06. The van der Waals surface area contributed by atoms with Crippen molar-refractivity contribution in [3.8, 4) is 0 Å².